The van der Waals surface area contributed by atoms with Gasteiger partial charge in [0.05, 0.1) is 10.6 Å². The van der Waals surface area contributed by atoms with Crippen molar-refractivity contribution >= 4 is 11.6 Å². The Morgan fingerprint density at radius 2 is 1.94 bits per heavy atom. The van der Waals surface area contributed by atoms with Crippen LogP contribution < -0.4 is 11.5 Å². The van der Waals surface area contributed by atoms with E-state index in [1.54, 1.807) is 0 Å². The Morgan fingerprint density at radius 3 is 2.41 bits per heavy atom. The highest BCUT2D eigenvalue weighted by Gasteiger charge is 2.33. The Labute approximate surface area is 103 Å². The monoisotopic (exact) mass is 266 g/mol. The van der Waals surface area contributed by atoms with E-state index in [-0.39, 0.29) is 11.1 Å². The predicted molar refractivity (Wildman–Crippen MR) is 61.7 cm³/mol. The highest BCUT2D eigenvalue weighted by Crippen LogP contribution is 2.35. The molecular weight excluding hydrogens is 253 g/mol. The molecule has 0 saturated heterocycles. The normalized spacial score (nSPS) is 13.8. The lowest BCUT2D eigenvalue weighted by Crippen LogP contribution is -2.13. The Balaban J connectivity index is 2.89. The molecule has 0 saturated carbocycles. The minimum atomic E-state index is -4.43. The highest BCUT2D eigenvalue weighted by atomic mass is 35.5. The molecule has 17 heavy (non-hydrogen) atoms. The standard InChI is InChI=1S/C11H14ClF3N2/c12-9-6-7(10(17)2-1-5-16)3-4-8(9)11(13,14)15/h3-4,6,10H,1-2,5,16-17H2/t10-/m0/s1. The van der Waals surface area contributed by atoms with Crippen molar-refractivity contribution in [3.05, 3.63) is 34.3 Å². The number of rotatable bonds is 4. The molecule has 0 fully saturated rings. The van der Waals surface area contributed by atoms with Crippen LogP contribution in [0.5, 0.6) is 0 Å². The van der Waals surface area contributed by atoms with Crippen LogP contribution in [0.25, 0.3) is 0 Å². The van der Waals surface area contributed by atoms with Gasteiger partial charge in [-0.25, -0.2) is 0 Å². The molecule has 1 aromatic carbocycles. The van der Waals surface area contributed by atoms with Crippen LogP contribution in [0.15, 0.2) is 18.2 Å². The first-order valence-electron chi connectivity index (χ1n) is 5.18. The second kappa shape index (κ2) is 5.71. The van der Waals surface area contributed by atoms with Gasteiger partial charge in [-0.3, -0.25) is 0 Å². The van der Waals surface area contributed by atoms with Crippen LogP contribution in [0.3, 0.4) is 0 Å². The second-order valence-electron chi connectivity index (χ2n) is 3.77. The predicted octanol–water partition coefficient (Wildman–Crippen LogP) is 3.10. The maximum atomic E-state index is 12.5. The maximum absolute atomic E-state index is 12.5. The fraction of sp³-hybridized carbons (Fsp3) is 0.455. The van der Waals surface area contributed by atoms with Crippen LogP contribution in [-0.4, -0.2) is 6.54 Å². The number of hydrogen-bond acceptors (Lipinski definition) is 2. The summed E-state index contributed by atoms with van der Waals surface area (Å²) in [6.45, 7) is 0.502. The van der Waals surface area contributed by atoms with Gasteiger partial charge in [-0.15, -0.1) is 0 Å². The Hall–Kier alpha value is -0.780. The van der Waals surface area contributed by atoms with Gasteiger partial charge in [-0.2, -0.15) is 13.2 Å². The second-order valence-corrected chi connectivity index (χ2v) is 4.18. The third-order valence-corrected chi connectivity index (χ3v) is 2.76. The molecule has 0 heterocycles. The summed E-state index contributed by atoms with van der Waals surface area (Å²) in [4.78, 5) is 0. The summed E-state index contributed by atoms with van der Waals surface area (Å²) in [5.41, 5.74) is 10.9. The highest BCUT2D eigenvalue weighted by molar-refractivity contribution is 6.31. The summed E-state index contributed by atoms with van der Waals surface area (Å²) in [6, 6.07) is 3.25. The van der Waals surface area contributed by atoms with Crippen LogP contribution in [-0.2, 0) is 6.18 Å². The van der Waals surface area contributed by atoms with Crippen molar-refractivity contribution in [2.75, 3.05) is 6.54 Å². The maximum Gasteiger partial charge on any atom is 0.417 e. The Kier molecular flexibility index (Phi) is 4.80. The number of halogens is 4. The molecule has 1 atom stereocenters. The zero-order chi connectivity index (χ0) is 13.1. The van der Waals surface area contributed by atoms with Crippen molar-refractivity contribution in [3.63, 3.8) is 0 Å². The molecule has 1 rings (SSSR count). The van der Waals surface area contributed by atoms with Crippen molar-refractivity contribution < 1.29 is 13.2 Å². The third-order valence-electron chi connectivity index (χ3n) is 2.45. The molecule has 0 spiro atoms. The number of hydrogen-bond donors (Lipinski definition) is 2. The van der Waals surface area contributed by atoms with Crippen molar-refractivity contribution in [3.8, 4) is 0 Å². The molecule has 0 aliphatic carbocycles. The van der Waals surface area contributed by atoms with E-state index in [2.05, 4.69) is 0 Å². The average molecular weight is 267 g/mol. The summed E-state index contributed by atoms with van der Waals surface area (Å²) in [7, 11) is 0. The van der Waals surface area contributed by atoms with Crippen molar-refractivity contribution in [2.45, 2.75) is 25.1 Å². The van der Waals surface area contributed by atoms with Crippen LogP contribution in [0, 0.1) is 0 Å². The van der Waals surface area contributed by atoms with Gasteiger partial charge in [-0.1, -0.05) is 17.7 Å². The number of alkyl halides is 3. The molecule has 2 nitrogen and oxygen atoms in total. The fourth-order valence-corrected chi connectivity index (χ4v) is 1.79. The lowest BCUT2D eigenvalue weighted by molar-refractivity contribution is -0.137. The van der Waals surface area contributed by atoms with Crippen molar-refractivity contribution in [1.82, 2.24) is 0 Å². The van der Waals surface area contributed by atoms with Crippen LogP contribution in [0.2, 0.25) is 5.02 Å². The Bertz CT molecular complexity index is 379. The topological polar surface area (TPSA) is 52.0 Å². The fourth-order valence-electron chi connectivity index (χ4n) is 1.50. The molecule has 0 unspecified atom stereocenters. The average Bonchev–Trinajstić information content (AvgIpc) is 2.23. The summed E-state index contributed by atoms with van der Waals surface area (Å²) >= 11 is 5.59. The molecule has 1 aromatic rings. The minimum absolute atomic E-state index is 0.321. The molecule has 0 radical (unpaired) electrons. The van der Waals surface area contributed by atoms with E-state index in [9.17, 15) is 13.2 Å². The lowest BCUT2D eigenvalue weighted by Gasteiger charge is -2.14. The van der Waals surface area contributed by atoms with Gasteiger partial charge in [0, 0.05) is 6.04 Å². The van der Waals surface area contributed by atoms with Crippen molar-refractivity contribution in [1.29, 1.82) is 0 Å². The van der Waals surface area contributed by atoms with Gasteiger partial charge >= 0.3 is 6.18 Å². The van der Waals surface area contributed by atoms with Crippen LogP contribution >= 0.6 is 11.6 Å². The summed E-state index contributed by atoms with van der Waals surface area (Å²) in [5, 5.41) is -0.321. The van der Waals surface area contributed by atoms with Gasteiger partial charge < -0.3 is 11.5 Å². The van der Waals surface area contributed by atoms with Gasteiger partial charge in [0.25, 0.3) is 0 Å². The minimum Gasteiger partial charge on any atom is -0.330 e. The van der Waals surface area contributed by atoms with E-state index in [0.29, 0.717) is 18.5 Å². The van der Waals surface area contributed by atoms with Crippen molar-refractivity contribution in [2.24, 2.45) is 11.5 Å². The molecule has 0 aliphatic heterocycles. The first kappa shape index (κ1) is 14.3. The van der Waals surface area contributed by atoms with E-state index >= 15 is 0 Å². The molecule has 0 amide bonds. The summed E-state index contributed by atoms with van der Waals surface area (Å²) in [6.07, 6.45) is -3.09. The van der Waals surface area contributed by atoms with E-state index < -0.39 is 11.7 Å². The first-order valence-corrected chi connectivity index (χ1v) is 5.56. The van der Waals surface area contributed by atoms with Gasteiger partial charge in [0.1, 0.15) is 0 Å². The Morgan fingerprint density at radius 1 is 1.29 bits per heavy atom. The van der Waals surface area contributed by atoms with Gasteiger partial charge in [0.15, 0.2) is 0 Å². The lowest BCUT2D eigenvalue weighted by atomic mass is 10.0. The largest absolute Gasteiger partial charge is 0.417 e. The van der Waals surface area contributed by atoms with Gasteiger partial charge in [-0.05, 0) is 37.1 Å². The zero-order valence-electron chi connectivity index (χ0n) is 9.10. The zero-order valence-corrected chi connectivity index (χ0v) is 9.85. The van der Waals surface area contributed by atoms with E-state index in [1.165, 1.54) is 12.1 Å². The van der Waals surface area contributed by atoms with E-state index in [1.807, 2.05) is 0 Å². The first-order chi connectivity index (χ1) is 7.86. The van der Waals surface area contributed by atoms with E-state index in [4.69, 9.17) is 23.1 Å². The molecule has 96 valence electrons. The van der Waals surface area contributed by atoms with E-state index in [0.717, 1.165) is 12.5 Å². The summed E-state index contributed by atoms with van der Waals surface area (Å²) in [5.74, 6) is 0. The molecule has 6 heteroatoms. The number of benzene rings is 1. The quantitative estimate of drug-likeness (QED) is 0.880. The molecular formula is C11H14ClF3N2. The molecule has 0 bridgehead atoms. The molecule has 4 N–H and O–H groups in total. The molecule has 0 aliphatic rings. The van der Waals surface area contributed by atoms with Crippen LogP contribution in [0.1, 0.15) is 30.0 Å². The summed E-state index contributed by atoms with van der Waals surface area (Å²) < 4.78 is 37.4. The number of nitrogens with two attached hydrogens (primary N) is 2. The smallest absolute Gasteiger partial charge is 0.330 e. The third kappa shape index (κ3) is 3.87. The van der Waals surface area contributed by atoms with Crippen LogP contribution in [0.4, 0.5) is 13.2 Å². The SMILES string of the molecule is NCCC[C@H](N)c1ccc(C(F)(F)F)c(Cl)c1. The van der Waals surface area contributed by atoms with Gasteiger partial charge in [0.2, 0.25) is 0 Å². The molecule has 0 aromatic heterocycles.